The first-order valence-electron chi connectivity index (χ1n) is 6.47. The molecule has 2 rings (SSSR count). The van der Waals surface area contributed by atoms with Crippen molar-refractivity contribution in [1.29, 1.82) is 0 Å². The van der Waals surface area contributed by atoms with Gasteiger partial charge in [0, 0.05) is 13.3 Å². The average Bonchev–Trinajstić information content (AvgIpc) is 2.75. The lowest BCUT2D eigenvalue weighted by Gasteiger charge is -2.16. The molecule has 1 aromatic heterocycles. The van der Waals surface area contributed by atoms with E-state index in [9.17, 15) is 14.7 Å². The zero-order valence-corrected chi connectivity index (χ0v) is 11.5. The Kier molecular flexibility index (Phi) is 4.02. The maximum Gasteiger partial charge on any atom is 0.328 e. The first-order valence-corrected chi connectivity index (χ1v) is 6.47. The van der Waals surface area contributed by atoms with Crippen molar-refractivity contribution in [2.24, 2.45) is 0 Å². The van der Waals surface area contributed by atoms with E-state index in [4.69, 9.17) is 0 Å². The van der Waals surface area contributed by atoms with Crippen molar-refractivity contribution in [3.63, 3.8) is 0 Å². The Bertz CT molecular complexity index is 648. The molecule has 0 fully saturated rings. The van der Waals surface area contributed by atoms with Gasteiger partial charge in [0.05, 0.1) is 17.6 Å². The molecule has 1 atom stereocenters. The molecule has 0 bridgehead atoms. The molecule has 2 N–H and O–H groups in total. The summed E-state index contributed by atoms with van der Waals surface area (Å²) in [6.07, 6.45) is 0.696. The van der Waals surface area contributed by atoms with Crippen molar-refractivity contribution < 1.29 is 14.7 Å². The predicted octanol–water partition coefficient (Wildman–Crippen LogP) is 1.19. The number of benzene rings is 1. The lowest BCUT2D eigenvalue weighted by atomic mass is 10.2. The normalized spacial score (nSPS) is 12.3. The van der Waals surface area contributed by atoms with Gasteiger partial charge in [0.25, 0.3) is 0 Å². The molecule has 1 heterocycles. The molecule has 0 spiro atoms. The Morgan fingerprint density at radius 1 is 1.40 bits per heavy atom. The van der Waals surface area contributed by atoms with E-state index in [2.05, 4.69) is 10.3 Å². The van der Waals surface area contributed by atoms with Crippen LogP contribution in [0.4, 0.5) is 0 Å². The summed E-state index contributed by atoms with van der Waals surface area (Å²) in [5.41, 5.74) is 1.71. The summed E-state index contributed by atoms with van der Waals surface area (Å²) in [5, 5.41) is 11.7. The molecule has 1 aromatic carbocycles. The number of fused-ring (bicyclic) bond motifs is 1. The number of aliphatic carboxylic acids is 1. The van der Waals surface area contributed by atoms with Gasteiger partial charge in [0.15, 0.2) is 0 Å². The van der Waals surface area contributed by atoms with Crippen LogP contribution >= 0.6 is 0 Å². The minimum Gasteiger partial charge on any atom is -0.480 e. The lowest BCUT2D eigenvalue weighted by Crippen LogP contribution is -2.42. The minimum atomic E-state index is -1.06. The predicted molar refractivity (Wildman–Crippen MR) is 74.4 cm³/mol. The van der Waals surface area contributed by atoms with E-state index in [1.165, 1.54) is 6.92 Å². The van der Waals surface area contributed by atoms with Crippen molar-refractivity contribution in [1.82, 2.24) is 14.9 Å². The second-order valence-electron chi connectivity index (χ2n) is 4.57. The van der Waals surface area contributed by atoms with E-state index in [0.717, 1.165) is 16.9 Å². The number of carboxylic acids is 1. The monoisotopic (exact) mass is 275 g/mol. The number of nitrogens with one attached hydrogen (secondary N) is 1. The number of hydrogen-bond donors (Lipinski definition) is 2. The second kappa shape index (κ2) is 5.73. The topological polar surface area (TPSA) is 84.2 Å². The molecule has 0 aliphatic carbocycles. The fourth-order valence-corrected chi connectivity index (χ4v) is 2.21. The molecular formula is C14H17N3O3. The Labute approximate surface area is 116 Å². The summed E-state index contributed by atoms with van der Waals surface area (Å²) in [5.74, 6) is -0.609. The summed E-state index contributed by atoms with van der Waals surface area (Å²) >= 11 is 0. The van der Waals surface area contributed by atoms with E-state index in [0.29, 0.717) is 6.42 Å². The highest BCUT2D eigenvalue weighted by Gasteiger charge is 2.21. The number of aromatic nitrogens is 2. The van der Waals surface area contributed by atoms with Gasteiger partial charge in [-0.1, -0.05) is 19.1 Å². The van der Waals surface area contributed by atoms with E-state index < -0.39 is 12.0 Å². The zero-order valence-electron chi connectivity index (χ0n) is 11.5. The number of para-hydroxylation sites is 2. The molecular weight excluding hydrogens is 258 g/mol. The van der Waals surface area contributed by atoms with Crippen LogP contribution in [0.3, 0.4) is 0 Å². The largest absolute Gasteiger partial charge is 0.480 e. The van der Waals surface area contributed by atoms with Crippen molar-refractivity contribution in [3.8, 4) is 0 Å². The third-order valence-corrected chi connectivity index (χ3v) is 3.09. The zero-order chi connectivity index (χ0) is 14.7. The van der Waals surface area contributed by atoms with Gasteiger partial charge in [-0.15, -0.1) is 0 Å². The number of carbonyl (C=O) groups excluding carboxylic acids is 1. The quantitative estimate of drug-likeness (QED) is 0.858. The number of rotatable bonds is 5. The Hall–Kier alpha value is -2.37. The molecule has 1 unspecified atom stereocenters. The number of nitrogens with zero attached hydrogens (tertiary/aromatic N) is 2. The molecule has 1 amide bonds. The molecule has 0 aliphatic heterocycles. The van der Waals surface area contributed by atoms with E-state index in [1.54, 1.807) is 0 Å². The van der Waals surface area contributed by atoms with Gasteiger partial charge in [0.2, 0.25) is 5.91 Å². The Morgan fingerprint density at radius 2 is 2.10 bits per heavy atom. The lowest BCUT2D eigenvalue weighted by molar-refractivity contribution is -0.141. The van der Waals surface area contributed by atoms with Crippen LogP contribution < -0.4 is 5.32 Å². The van der Waals surface area contributed by atoms with Crippen molar-refractivity contribution in [2.75, 3.05) is 0 Å². The molecule has 0 aliphatic rings. The maximum atomic E-state index is 11.2. The molecule has 0 saturated heterocycles. The van der Waals surface area contributed by atoms with Crippen molar-refractivity contribution >= 4 is 22.9 Å². The Balaban J connectivity index is 2.40. The van der Waals surface area contributed by atoms with Crippen LogP contribution in [0.5, 0.6) is 0 Å². The van der Waals surface area contributed by atoms with E-state index in [-0.39, 0.29) is 12.5 Å². The number of imidazole rings is 1. The summed E-state index contributed by atoms with van der Waals surface area (Å²) in [6.45, 7) is 3.44. The molecule has 2 aromatic rings. The number of hydrogen-bond acceptors (Lipinski definition) is 3. The average molecular weight is 275 g/mol. The SMILES string of the molecule is CCc1nc2ccccc2n1CC(NC(C)=O)C(=O)O. The van der Waals surface area contributed by atoms with Crippen LogP contribution in [0, 0.1) is 0 Å². The number of amides is 1. The number of aryl methyl sites for hydroxylation is 1. The van der Waals surface area contributed by atoms with E-state index in [1.807, 2.05) is 35.8 Å². The molecule has 106 valence electrons. The molecule has 0 saturated carbocycles. The first-order chi connectivity index (χ1) is 9.52. The first kappa shape index (κ1) is 14.0. The van der Waals surface area contributed by atoms with Crippen LogP contribution in [0.15, 0.2) is 24.3 Å². The Morgan fingerprint density at radius 3 is 2.70 bits per heavy atom. The van der Waals surface area contributed by atoms with Crippen LogP contribution in [0.2, 0.25) is 0 Å². The van der Waals surface area contributed by atoms with Crippen molar-refractivity contribution in [3.05, 3.63) is 30.1 Å². The highest BCUT2D eigenvalue weighted by molar-refractivity contribution is 5.82. The summed E-state index contributed by atoms with van der Waals surface area (Å²) in [7, 11) is 0. The molecule has 6 nitrogen and oxygen atoms in total. The third-order valence-electron chi connectivity index (χ3n) is 3.09. The fraction of sp³-hybridized carbons (Fsp3) is 0.357. The fourth-order valence-electron chi connectivity index (χ4n) is 2.21. The third kappa shape index (κ3) is 2.79. The van der Waals surface area contributed by atoms with Gasteiger partial charge < -0.3 is 15.0 Å². The summed E-state index contributed by atoms with van der Waals surface area (Å²) in [4.78, 5) is 26.8. The van der Waals surface area contributed by atoms with E-state index >= 15 is 0 Å². The highest BCUT2D eigenvalue weighted by atomic mass is 16.4. The van der Waals surface area contributed by atoms with Gasteiger partial charge >= 0.3 is 5.97 Å². The summed E-state index contributed by atoms with van der Waals surface area (Å²) in [6, 6.07) is 6.60. The number of carboxylic acid groups (broad SMARTS) is 1. The standard InChI is InChI=1S/C14H17N3O3/c1-3-13-16-10-6-4-5-7-12(10)17(13)8-11(14(19)20)15-9(2)18/h4-7,11H,3,8H2,1-2H3,(H,15,18)(H,19,20). The van der Waals surface area contributed by atoms with Gasteiger partial charge in [-0.2, -0.15) is 0 Å². The summed E-state index contributed by atoms with van der Waals surface area (Å²) < 4.78 is 1.85. The second-order valence-corrected chi connectivity index (χ2v) is 4.57. The van der Waals surface area contributed by atoms with Gasteiger partial charge in [0.1, 0.15) is 11.9 Å². The minimum absolute atomic E-state index is 0.165. The smallest absolute Gasteiger partial charge is 0.328 e. The van der Waals surface area contributed by atoms with Gasteiger partial charge in [-0.3, -0.25) is 4.79 Å². The molecule has 0 radical (unpaired) electrons. The highest BCUT2D eigenvalue weighted by Crippen LogP contribution is 2.17. The van der Waals surface area contributed by atoms with Crippen LogP contribution in [0.25, 0.3) is 11.0 Å². The molecule has 6 heteroatoms. The number of carbonyl (C=O) groups is 2. The van der Waals surface area contributed by atoms with Crippen LogP contribution in [-0.4, -0.2) is 32.6 Å². The van der Waals surface area contributed by atoms with Crippen LogP contribution in [0.1, 0.15) is 19.7 Å². The van der Waals surface area contributed by atoms with Crippen molar-refractivity contribution in [2.45, 2.75) is 32.9 Å². The molecule has 20 heavy (non-hydrogen) atoms. The van der Waals surface area contributed by atoms with Crippen LogP contribution in [-0.2, 0) is 22.6 Å². The maximum absolute atomic E-state index is 11.2. The van der Waals surface area contributed by atoms with Gasteiger partial charge in [-0.05, 0) is 12.1 Å². The van der Waals surface area contributed by atoms with Gasteiger partial charge in [-0.25, -0.2) is 9.78 Å².